The number of rotatable bonds is 5. The maximum atomic E-state index is 11.5. The molecule has 0 heterocycles. The standard InChI is InChI=1S/C17H18ClNO2/c1-12(2)19(11-13-7-4-3-5-8-13)15-10-6-9-14(18)16(15)17(20)21/h3-10,12H,11H2,1-2H3,(H,20,21). The largest absolute Gasteiger partial charge is 0.478 e. The van der Waals surface area contributed by atoms with Crippen LogP contribution in [-0.4, -0.2) is 17.1 Å². The predicted octanol–water partition coefficient (Wildman–Crippen LogP) is 4.45. The smallest absolute Gasteiger partial charge is 0.339 e. The molecule has 0 aliphatic carbocycles. The molecule has 0 atom stereocenters. The maximum Gasteiger partial charge on any atom is 0.339 e. The third-order valence-electron chi connectivity index (χ3n) is 3.33. The topological polar surface area (TPSA) is 40.5 Å². The third kappa shape index (κ3) is 3.56. The number of halogens is 1. The van der Waals surface area contributed by atoms with Gasteiger partial charge in [0, 0.05) is 12.6 Å². The van der Waals surface area contributed by atoms with Crippen LogP contribution >= 0.6 is 11.6 Å². The summed E-state index contributed by atoms with van der Waals surface area (Å²) in [4.78, 5) is 13.6. The number of hydrogen-bond donors (Lipinski definition) is 1. The second kappa shape index (κ2) is 6.64. The fourth-order valence-corrected chi connectivity index (χ4v) is 2.54. The molecule has 3 nitrogen and oxygen atoms in total. The molecular formula is C17H18ClNO2. The van der Waals surface area contributed by atoms with Crippen LogP contribution in [0, 0.1) is 0 Å². The minimum absolute atomic E-state index is 0.154. The Kier molecular flexibility index (Phi) is 4.86. The first-order valence-corrected chi connectivity index (χ1v) is 7.21. The quantitative estimate of drug-likeness (QED) is 0.887. The minimum Gasteiger partial charge on any atom is -0.478 e. The van der Waals surface area contributed by atoms with Crippen molar-refractivity contribution in [3.8, 4) is 0 Å². The average Bonchev–Trinajstić information content (AvgIpc) is 2.45. The normalized spacial score (nSPS) is 10.7. The lowest BCUT2D eigenvalue weighted by atomic mass is 10.1. The van der Waals surface area contributed by atoms with Gasteiger partial charge in [-0.15, -0.1) is 0 Å². The first-order chi connectivity index (χ1) is 10.0. The Morgan fingerprint density at radius 1 is 1.14 bits per heavy atom. The predicted molar refractivity (Wildman–Crippen MR) is 86.2 cm³/mol. The monoisotopic (exact) mass is 303 g/mol. The van der Waals surface area contributed by atoms with Crippen molar-refractivity contribution >= 4 is 23.3 Å². The van der Waals surface area contributed by atoms with E-state index in [0.717, 1.165) is 5.56 Å². The lowest BCUT2D eigenvalue weighted by Gasteiger charge is -2.30. The van der Waals surface area contributed by atoms with Crippen molar-refractivity contribution in [2.45, 2.75) is 26.4 Å². The molecule has 4 heteroatoms. The molecule has 0 spiro atoms. The fraction of sp³-hybridized carbons (Fsp3) is 0.235. The van der Waals surface area contributed by atoms with Gasteiger partial charge in [-0.1, -0.05) is 48.0 Å². The summed E-state index contributed by atoms with van der Waals surface area (Å²) in [6.45, 7) is 4.71. The molecule has 1 N–H and O–H groups in total. The minimum atomic E-state index is -1.01. The van der Waals surface area contributed by atoms with Crippen LogP contribution in [0.3, 0.4) is 0 Å². The number of nitrogens with zero attached hydrogens (tertiary/aromatic N) is 1. The van der Waals surface area contributed by atoms with Crippen LogP contribution in [0.2, 0.25) is 5.02 Å². The highest BCUT2D eigenvalue weighted by Gasteiger charge is 2.21. The van der Waals surface area contributed by atoms with Gasteiger partial charge in [-0.25, -0.2) is 4.79 Å². The molecule has 0 amide bonds. The molecule has 2 aromatic rings. The zero-order chi connectivity index (χ0) is 15.4. The molecule has 0 unspecified atom stereocenters. The van der Waals surface area contributed by atoms with Crippen LogP contribution < -0.4 is 4.90 Å². The summed E-state index contributed by atoms with van der Waals surface area (Å²) in [5.41, 5.74) is 1.93. The number of benzene rings is 2. The van der Waals surface area contributed by atoms with Crippen LogP contribution in [0.1, 0.15) is 29.8 Å². The summed E-state index contributed by atoms with van der Waals surface area (Å²) in [5.74, 6) is -1.01. The Labute approximate surface area is 129 Å². The number of carbonyl (C=O) groups is 1. The molecule has 0 bridgehead atoms. The summed E-state index contributed by atoms with van der Waals surface area (Å²) in [6, 6.07) is 15.3. The Morgan fingerprint density at radius 2 is 1.81 bits per heavy atom. The van der Waals surface area contributed by atoms with E-state index in [1.165, 1.54) is 0 Å². The van der Waals surface area contributed by atoms with E-state index in [9.17, 15) is 9.90 Å². The van der Waals surface area contributed by atoms with E-state index < -0.39 is 5.97 Å². The summed E-state index contributed by atoms with van der Waals surface area (Å²) in [5, 5.41) is 9.69. The van der Waals surface area contributed by atoms with Gasteiger partial charge in [0.2, 0.25) is 0 Å². The van der Waals surface area contributed by atoms with E-state index in [4.69, 9.17) is 11.6 Å². The number of aromatic carboxylic acids is 1. The maximum absolute atomic E-state index is 11.5. The second-order valence-corrected chi connectivity index (χ2v) is 5.55. The molecule has 0 fully saturated rings. The van der Waals surface area contributed by atoms with Gasteiger partial charge in [-0.05, 0) is 31.5 Å². The number of carboxylic acids is 1. The first-order valence-electron chi connectivity index (χ1n) is 6.83. The van der Waals surface area contributed by atoms with E-state index in [-0.39, 0.29) is 16.6 Å². The van der Waals surface area contributed by atoms with Crippen LogP contribution in [0.4, 0.5) is 5.69 Å². The molecule has 110 valence electrons. The summed E-state index contributed by atoms with van der Waals surface area (Å²) < 4.78 is 0. The van der Waals surface area contributed by atoms with Crippen molar-refractivity contribution < 1.29 is 9.90 Å². The van der Waals surface area contributed by atoms with E-state index >= 15 is 0 Å². The van der Waals surface area contributed by atoms with Gasteiger partial charge in [-0.3, -0.25) is 0 Å². The Bertz CT molecular complexity index is 626. The number of anilines is 1. The van der Waals surface area contributed by atoms with Gasteiger partial charge >= 0.3 is 5.97 Å². The highest BCUT2D eigenvalue weighted by Crippen LogP contribution is 2.30. The molecule has 0 saturated carbocycles. The van der Waals surface area contributed by atoms with Crippen molar-refractivity contribution in [1.29, 1.82) is 0 Å². The van der Waals surface area contributed by atoms with Gasteiger partial charge < -0.3 is 10.0 Å². The van der Waals surface area contributed by atoms with Crippen molar-refractivity contribution in [3.63, 3.8) is 0 Å². The van der Waals surface area contributed by atoms with Crippen LogP contribution in [0.15, 0.2) is 48.5 Å². The number of carboxylic acid groups (broad SMARTS) is 1. The second-order valence-electron chi connectivity index (χ2n) is 5.15. The third-order valence-corrected chi connectivity index (χ3v) is 3.65. The van der Waals surface area contributed by atoms with E-state index in [1.807, 2.05) is 49.1 Å². The summed E-state index contributed by atoms with van der Waals surface area (Å²) in [6.07, 6.45) is 0. The fourth-order valence-electron chi connectivity index (χ4n) is 2.29. The van der Waals surface area contributed by atoms with E-state index in [0.29, 0.717) is 12.2 Å². The van der Waals surface area contributed by atoms with Crippen molar-refractivity contribution in [2.24, 2.45) is 0 Å². The highest BCUT2D eigenvalue weighted by molar-refractivity contribution is 6.34. The molecule has 0 aliphatic heterocycles. The molecule has 0 aliphatic rings. The van der Waals surface area contributed by atoms with Crippen LogP contribution in [0.25, 0.3) is 0 Å². The molecule has 2 rings (SSSR count). The zero-order valence-electron chi connectivity index (χ0n) is 12.1. The Hall–Kier alpha value is -2.00. The Balaban J connectivity index is 2.44. The highest BCUT2D eigenvalue weighted by atomic mass is 35.5. The summed E-state index contributed by atoms with van der Waals surface area (Å²) in [7, 11) is 0. The average molecular weight is 304 g/mol. The lowest BCUT2D eigenvalue weighted by molar-refractivity contribution is 0.0697. The van der Waals surface area contributed by atoms with E-state index in [1.54, 1.807) is 18.2 Å². The molecule has 0 radical (unpaired) electrons. The number of hydrogen-bond acceptors (Lipinski definition) is 2. The lowest BCUT2D eigenvalue weighted by Crippen LogP contribution is -2.31. The van der Waals surface area contributed by atoms with Gasteiger partial charge in [0.25, 0.3) is 0 Å². The molecule has 0 saturated heterocycles. The van der Waals surface area contributed by atoms with Gasteiger partial charge in [0.1, 0.15) is 5.56 Å². The zero-order valence-corrected chi connectivity index (χ0v) is 12.8. The van der Waals surface area contributed by atoms with Crippen molar-refractivity contribution in [2.75, 3.05) is 4.90 Å². The molecular weight excluding hydrogens is 286 g/mol. The van der Waals surface area contributed by atoms with Gasteiger partial charge in [-0.2, -0.15) is 0 Å². The molecule has 2 aromatic carbocycles. The SMILES string of the molecule is CC(C)N(Cc1ccccc1)c1cccc(Cl)c1C(=O)O. The van der Waals surface area contributed by atoms with Crippen molar-refractivity contribution in [1.82, 2.24) is 0 Å². The van der Waals surface area contributed by atoms with E-state index in [2.05, 4.69) is 0 Å². The summed E-state index contributed by atoms with van der Waals surface area (Å²) >= 11 is 6.07. The van der Waals surface area contributed by atoms with Crippen molar-refractivity contribution in [3.05, 3.63) is 64.7 Å². The molecule has 21 heavy (non-hydrogen) atoms. The van der Waals surface area contributed by atoms with Gasteiger partial charge in [0.05, 0.1) is 10.7 Å². The Morgan fingerprint density at radius 3 is 2.38 bits per heavy atom. The molecule has 0 aromatic heterocycles. The first kappa shape index (κ1) is 15.4. The van der Waals surface area contributed by atoms with Crippen LogP contribution in [0.5, 0.6) is 0 Å². The van der Waals surface area contributed by atoms with Crippen LogP contribution in [-0.2, 0) is 6.54 Å². The van der Waals surface area contributed by atoms with Gasteiger partial charge in [0.15, 0.2) is 0 Å².